The van der Waals surface area contributed by atoms with Crippen LogP contribution in [-0.4, -0.2) is 42.1 Å². The van der Waals surface area contributed by atoms with Crippen molar-refractivity contribution in [3.05, 3.63) is 59.4 Å². The second-order valence-corrected chi connectivity index (χ2v) is 8.19. The van der Waals surface area contributed by atoms with Crippen molar-refractivity contribution in [1.29, 1.82) is 0 Å². The summed E-state index contributed by atoms with van der Waals surface area (Å²) >= 11 is 7.65. The Morgan fingerprint density at radius 2 is 1.90 bits per heavy atom. The number of halogens is 1. The van der Waals surface area contributed by atoms with Crippen LogP contribution in [0.1, 0.15) is 25.6 Å². The van der Waals surface area contributed by atoms with E-state index in [0.717, 1.165) is 47.4 Å². The smallest absolute Gasteiger partial charge is 0.196 e. The number of nitrogens with zero attached hydrogens (tertiary/aromatic N) is 7. The van der Waals surface area contributed by atoms with Crippen molar-refractivity contribution < 1.29 is 4.74 Å². The van der Waals surface area contributed by atoms with E-state index >= 15 is 0 Å². The Morgan fingerprint density at radius 3 is 2.68 bits per heavy atom. The summed E-state index contributed by atoms with van der Waals surface area (Å²) in [6, 6.07) is 15.4. The molecule has 0 radical (unpaired) electrons. The largest absolute Gasteiger partial charge is 0.497 e. The first-order valence-electron chi connectivity index (χ1n) is 9.93. The Labute approximate surface area is 189 Å². The van der Waals surface area contributed by atoms with E-state index in [1.54, 1.807) is 7.11 Å². The van der Waals surface area contributed by atoms with E-state index in [9.17, 15) is 0 Å². The highest BCUT2D eigenvalue weighted by atomic mass is 35.5. The van der Waals surface area contributed by atoms with Crippen molar-refractivity contribution in [2.75, 3.05) is 7.11 Å². The van der Waals surface area contributed by atoms with Gasteiger partial charge in [-0.05, 0) is 53.2 Å². The quantitative estimate of drug-likeness (QED) is 0.339. The fourth-order valence-electron chi connectivity index (χ4n) is 3.07. The predicted octanol–water partition coefficient (Wildman–Crippen LogP) is 4.68. The van der Waals surface area contributed by atoms with Gasteiger partial charge in [0.15, 0.2) is 16.8 Å². The lowest BCUT2D eigenvalue weighted by Gasteiger charge is -2.11. The third-order valence-corrected chi connectivity index (χ3v) is 5.88. The Morgan fingerprint density at radius 1 is 1.06 bits per heavy atom. The van der Waals surface area contributed by atoms with E-state index in [1.165, 1.54) is 11.8 Å². The van der Waals surface area contributed by atoms with Crippen LogP contribution < -0.4 is 4.74 Å². The maximum absolute atomic E-state index is 6.11. The molecule has 0 N–H and O–H groups in total. The molecule has 0 spiro atoms. The van der Waals surface area contributed by atoms with Gasteiger partial charge in [0.05, 0.1) is 12.9 Å². The molecule has 0 aliphatic heterocycles. The number of benzene rings is 2. The van der Waals surface area contributed by atoms with Crippen molar-refractivity contribution in [2.45, 2.75) is 37.2 Å². The van der Waals surface area contributed by atoms with Gasteiger partial charge in [0.25, 0.3) is 0 Å². The molecule has 2 aromatic carbocycles. The zero-order valence-corrected chi connectivity index (χ0v) is 18.8. The molecule has 8 nitrogen and oxygen atoms in total. The molecule has 0 fully saturated rings. The summed E-state index contributed by atoms with van der Waals surface area (Å²) in [4.78, 5) is 0. The van der Waals surface area contributed by atoms with Crippen molar-refractivity contribution in [3.8, 4) is 22.8 Å². The van der Waals surface area contributed by atoms with E-state index in [1.807, 2.05) is 57.8 Å². The summed E-state index contributed by atoms with van der Waals surface area (Å²) in [6.07, 6.45) is 2.12. The zero-order valence-electron chi connectivity index (χ0n) is 17.3. The molecule has 0 unspecified atom stereocenters. The SMILES string of the molecule is CCCCn1nnnc1CSc1nnc(-c2cccc(OC)c2)n1-c1ccc(Cl)cc1. The number of hydrogen-bond acceptors (Lipinski definition) is 7. The lowest BCUT2D eigenvalue weighted by molar-refractivity contribution is 0.415. The second-order valence-electron chi connectivity index (χ2n) is 6.81. The highest BCUT2D eigenvalue weighted by molar-refractivity contribution is 7.98. The molecule has 31 heavy (non-hydrogen) atoms. The van der Waals surface area contributed by atoms with Gasteiger partial charge < -0.3 is 4.74 Å². The van der Waals surface area contributed by atoms with Crippen LogP contribution in [-0.2, 0) is 12.3 Å². The lowest BCUT2D eigenvalue weighted by Crippen LogP contribution is -2.05. The van der Waals surface area contributed by atoms with Crippen LogP contribution in [0.25, 0.3) is 17.1 Å². The maximum atomic E-state index is 6.11. The van der Waals surface area contributed by atoms with Gasteiger partial charge in [-0.2, -0.15) is 0 Å². The number of thioether (sulfide) groups is 1. The fraction of sp³-hybridized carbons (Fsp3) is 0.286. The number of hydrogen-bond donors (Lipinski definition) is 0. The first-order valence-corrected chi connectivity index (χ1v) is 11.3. The number of ether oxygens (including phenoxy) is 1. The van der Waals surface area contributed by atoms with Crippen molar-refractivity contribution in [3.63, 3.8) is 0 Å². The average Bonchev–Trinajstić information content (AvgIpc) is 3.43. The van der Waals surface area contributed by atoms with E-state index in [-0.39, 0.29) is 0 Å². The molecule has 160 valence electrons. The van der Waals surface area contributed by atoms with Crippen LogP contribution >= 0.6 is 23.4 Å². The molecule has 0 bridgehead atoms. The molecular weight excluding hydrogens is 434 g/mol. The molecule has 2 aromatic heterocycles. The number of tetrazole rings is 1. The highest BCUT2D eigenvalue weighted by Crippen LogP contribution is 2.31. The molecule has 0 aliphatic rings. The van der Waals surface area contributed by atoms with Crippen LogP contribution in [0.15, 0.2) is 53.7 Å². The standard InChI is InChI=1S/C21H22ClN7OS/c1-3-4-12-28-19(23-26-27-28)14-31-21-25-24-20(15-6-5-7-18(13-15)30-2)29(21)17-10-8-16(22)9-11-17/h5-11,13H,3-4,12,14H2,1-2H3. The molecule has 4 rings (SSSR count). The molecule has 0 amide bonds. The first kappa shape index (κ1) is 21.3. The van der Waals surface area contributed by atoms with Crippen LogP contribution in [0, 0.1) is 0 Å². The van der Waals surface area contributed by atoms with Crippen LogP contribution in [0.5, 0.6) is 5.75 Å². The van der Waals surface area contributed by atoms with Gasteiger partial charge in [-0.3, -0.25) is 4.57 Å². The second kappa shape index (κ2) is 9.93. The van der Waals surface area contributed by atoms with Gasteiger partial charge in [0.2, 0.25) is 0 Å². The molecule has 0 saturated carbocycles. The number of unbranched alkanes of at least 4 members (excludes halogenated alkanes) is 1. The van der Waals surface area contributed by atoms with Crippen molar-refractivity contribution in [1.82, 2.24) is 35.0 Å². The van der Waals surface area contributed by atoms with Gasteiger partial charge in [-0.25, -0.2) is 4.68 Å². The Bertz CT molecular complexity index is 1140. The monoisotopic (exact) mass is 455 g/mol. The van der Waals surface area contributed by atoms with Crippen LogP contribution in [0.2, 0.25) is 5.02 Å². The van der Waals surface area contributed by atoms with Gasteiger partial charge in [-0.1, -0.05) is 48.8 Å². The molecule has 2 heterocycles. The minimum absolute atomic E-state index is 0.584. The molecular formula is C21H22ClN7OS. The van der Waals surface area contributed by atoms with Gasteiger partial charge >= 0.3 is 0 Å². The average molecular weight is 456 g/mol. The van der Waals surface area contributed by atoms with E-state index in [0.29, 0.717) is 16.6 Å². The maximum Gasteiger partial charge on any atom is 0.196 e. The summed E-state index contributed by atoms with van der Waals surface area (Å²) in [5.74, 6) is 2.87. The van der Waals surface area contributed by atoms with Crippen LogP contribution in [0.3, 0.4) is 0 Å². The molecule has 10 heteroatoms. The Hall–Kier alpha value is -2.91. The predicted molar refractivity (Wildman–Crippen MR) is 121 cm³/mol. The van der Waals surface area contributed by atoms with Gasteiger partial charge in [0, 0.05) is 22.8 Å². The fourth-order valence-corrected chi connectivity index (χ4v) is 4.08. The van der Waals surface area contributed by atoms with E-state index < -0.39 is 0 Å². The molecule has 0 aliphatic carbocycles. The lowest BCUT2D eigenvalue weighted by atomic mass is 10.2. The number of methoxy groups -OCH3 is 1. The Kier molecular flexibility index (Phi) is 6.83. The first-order chi connectivity index (χ1) is 15.2. The van der Waals surface area contributed by atoms with E-state index in [2.05, 4.69) is 32.6 Å². The summed E-state index contributed by atoms with van der Waals surface area (Å²) < 4.78 is 9.24. The third-order valence-electron chi connectivity index (χ3n) is 4.71. The number of aromatic nitrogens is 7. The minimum atomic E-state index is 0.584. The molecule has 4 aromatic rings. The topological polar surface area (TPSA) is 83.5 Å². The molecule has 0 atom stereocenters. The summed E-state index contributed by atoms with van der Waals surface area (Å²) in [7, 11) is 1.65. The van der Waals surface area contributed by atoms with Gasteiger partial charge in [0.1, 0.15) is 5.75 Å². The summed E-state index contributed by atoms with van der Waals surface area (Å²) in [5.41, 5.74) is 1.82. The van der Waals surface area contributed by atoms with E-state index in [4.69, 9.17) is 16.3 Å². The normalized spacial score (nSPS) is 11.1. The van der Waals surface area contributed by atoms with Crippen molar-refractivity contribution >= 4 is 23.4 Å². The third kappa shape index (κ3) is 4.88. The van der Waals surface area contributed by atoms with Crippen LogP contribution in [0.4, 0.5) is 0 Å². The number of aryl methyl sites for hydroxylation is 1. The Balaban J connectivity index is 1.68. The molecule has 0 saturated heterocycles. The zero-order chi connectivity index (χ0) is 21.6. The highest BCUT2D eigenvalue weighted by Gasteiger charge is 2.18. The minimum Gasteiger partial charge on any atom is -0.497 e. The van der Waals surface area contributed by atoms with Crippen molar-refractivity contribution in [2.24, 2.45) is 0 Å². The number of rotatable bonds is 9. The summed E-state index contributed by atoms with van der Waals surface area (Å²) in [6.45, 7) is 2.95. The summed E-state index contributed by atoms with van der Waals surface area (Å²) in [5, 5.41) is 22.5. The van der Waals surface area contributed by atoms with Gasteiger partial charge in [-0.15, -0.1) is 15.3 Å².